The average molecular weight is 325 g/mol. The van der Waals surface area contributed by atoms with Gasteiger partial charge in [-0.05, 0) is 51.0 Å². The molecule has 122 valence electrons. The van der Waals surface area contributed by atoms with E-state index < -0.39 is 9.84 Å². The number of aryl methyl sites for hydroxylation is 1. The van der Waals surface area contributed by atoms with E-state index in [1.54, 1.807) is 23.1 Å². The van der Waals surface area contributed by atoms with Crippen LogP contribution in [0.15, 0.2) is 18.2 Å². The number of nitrogens with zero attached hydrogens (tertiary/aromatic N) is 1. The van der Waals surface area contributed by atoms with Gasteiger partial charge in [-0.1, -0.05) is 0 Å². The molecule has 1 atom stereocenters. The lowest BCUT2D eigenvalue weighted by Gasteiger charge is -2.27. The van der Waals surface area contributed by atoms with E-state index in [4.69, 9.17) is 4.74 Å². The first-order chi connectivity index (χ1) is 10.4. The molecule has 1 heterocycles. The highest BCUT2D eigenvalue weighted by Gasteiger charge is 2.34. The van der Waals surface area contributed by atoms with Crippen molar-refractivity contribution < 1.29 is 17.9 Å². The highest BCUT2D eigenvalue weighted by atomic mass is 32.2. The van der Waals surface area contributed by atoms with Crippen LogP contribution < -0.4 is 4.74 Å². The van der Waals surface area contributed by atoms with Crippen LogP contribution in [-0.4, -0.2) is 49.9 Å². The first-order valence-electron chi connectivity index (χ1n) is 7.62. The summed E-state index contributed by atoms with van der Waals surface area (Å²) in [5.41, 5.74) is 1.48. The summed E-state index contributed by atoms with van der Waals surface area (Å²) in [7, 11) is -3.00. The van der Waals surface area contributed by atoms with E-state index in [0.717, 1.165) is 11.3 Å². The van der Waals surface area contributed by atoms with E-state index in [0.29, 0.717) is 25.1 Å². The fourth-order valence-corrected chi connectivity index (χ4v) is 4.59. The Morgan fingerprint density at radius 1 is 1.36 bits per heavy atom. The lowest BCUT2D eigenvalue weighted by Crippen LogP contribution is -2.41. The molecule has 1 unspecified atom stereocenters. The summed E-state index contributed by atoms with van der Waals surface area (Å²) in [6.07, 6.45) is 0.526. The van der Waals surface area contributed by atoms with Gasteiger partial charge >= 0.3 is 0 Å². The largest absolute Gasteiger partial charge is 0.494 e. The molecule has 0 aliphatic carbocycles. The van der Waals surface area contributed by atoms with E-state index in [1.807, 2.05) is 20.8 Å². The van der Waals surface area contributed by atoms with Crippen LogP contribution in [0.2, 0.25) is 0 Å². The van der Waals surface area contributed by atoms with E-state index >= 15 is 0 Å². The van der Waals surface area contributed by atoms with Gasteiger partial charge in [0.15, 0.2) is 9.84 Å². The molecule has 0 bridgehead atoms. The fraction of sp³-hybridized carbons (Fsp3) is 0.562. The summed E-state index contributed by atoms with van der Waals surface area (Å²) in [4.78, 5) is 14.4. The molecule has 1 fully saturated rings. The van der Waals surface area contributed by atoms with Crippen LogP contribution in [0, 0.1) is 6.92 Å². The number of benzene rings is 1. The maximum absolute atomic E-state index is 12.7. The van der Waals surface area contributed by atoms with Crippen molar-refractivity contribution in [3.05, 3.63) is 29.3 Å². The van der Waals surface area contributed by atoms with Gasteiger partial charge in [-0.3, -0.25) is 4.79 Å². The van der Waals surface area contributed by atoms with Gasteiger partial charge in [-0.15, -0.1) is 0 Å². The third-order valence-corrected chi connectivity index (χ3v) is 5.72. The molecule has 1 aromatic carbocycles. The predicted molar refractivity (Wildman–Crippen MR) is 86.1 cm³/mol. The van der Waals surface area contributed by atoms with Gasteiger partial charge in [0.1, 0.15) is 5.75 Å². The van der Waals surface area contributed by atoms with Crippen LogP contribution in [0.4, 0.5) is 0 Å². The maximum atomic E-state index is 12.7. The number of rotatable bonds is 5. The van der Waals surface area contributed by atoms with Crippen molar-refractivity contribution in [1.82, 2.24) is 4.90 Å². The highest BCUT2D eigenvalue weighted by molar-refractivity contribution is 7.91. The molecule has 6 heteroatoms. The molecule has 5 nitrogen and oxygen atoms in total. The van der Waals surface area contributed by atoms with Gasteiger partial charge in [0, 0.05) is 18.2 Å². The number of hydrogen-bond acceptors (Lipinski definition) is 4. The highest BCUT2D eigenvalue weighted by Crippen LogP contribution is 2.23. The van der Waals surface area contributed by atoms with E-state index in [2.05, 4.69) is 0 Å². The molecule has 1 aromatic rings. The van der Waals surface area contributed by atoms with E-state index in [-0.39, 0.29) is 23.5 Å². The van der Waals surface area contributed by atoms with Crippen molar-refractivity contribution in [2.75, 3.05) is 24.7 Å². The standard InChI is InChI=1S/C16H23NO4S/c1-4-17(14-8-9-22(19,20)11-14)16(18)13-6-7-15(21-5-2)12(3)10-13/h6-7,10,14H,4-5,8-9,11H2,1-3H3. The average Bonchev–Trinajstić information content (AvgIpc) is 2.82. The van der Waals surface area contributed by atoms with Crippen LogP contribution >= 0.6 is 0 Å². The lowest BCUT2D eigenvalue weighted by atomic mass is 10.1. The topological polar surface area (TPSA) is 63.7 Å². The Hall–Kier alpha value is -1.56. The second kappa shape index (κ2) is 6.69. The third-order valence-electron chi connectivity index (χ3n) is 3.97. The number of carbonyl (C=O) groups is 1. The first-order valence-corrected chi connectivity index (χ1v) is 9.45. The van der Waals surface area contributed by atoms with Crippen molar-refractivity contribution in [3.8, 4) is 5.75 Å². The number of amides is 1. The second-order valence-corrected chi connectivity index (χ2v) is 7.79. The van der Waals surface area contributed by atoms with Crippen LogP contribution in [-0.2, 0) is 9.84 Å². The Labute approximate surface area is 132 Å². The molecule has 1 aliphatic rings. The van der Waals surface area contributed by atoms with Crippen molar-refractivity contribution in [2.45, 2.75) is 33.2 Å². The van der Waals surface area contributed by atoms with Crippen LogP contribution in [0.3, 0.4) is 0 Å². The van der Waals surface area contributed by atoms with Gasteiger partial charge in [0.25, 0.3) is 5.91 Å². The van der Waals surface area contributed by atoms with Crippen molar-refractivity contribution in [1.29, 1.82) is 0 Å². The zero-order chi connectivity index (χ0) is 16.3. The number of hydrogen-bond donors (Lipinski definition) is 0. The minimum atomic E-state index is -3.00. The molecule has 0 radical (unpaired) electrons. The Balaban J connectivity index is 2.20. The maximum Gasteiger partial charge on any atom is 0.254 e. The Morgan fingerprint density at radius 2 is 2.09 bits per heavy atom. The lowest BCUT2D eigenvalue weighted by molar-refractivity contribution is 0.0708. The molecule has 1 aliphatic heterocycles. The van der Waals surface area contributed by atoms with E-state index in [1.165, 1.54) is 0 Å². The molecule has 0 aromatic heterocycles. The molecule has 0 spiro atoms. The normalized spacial score (nSPS) is 19.9. The number of carbonyl (C=O) groups excluding carboxylic acids is 1. The van der Waals surface area contributed by atoms with Gasteiger partial charge in [-0.25, -0.2) is 8.42 Å². The summed E-state index contributed by atoms with van der Waals surface area (Å²) in [6, 6.07) is 5.13. The molecule has 22 heavy (non-hydrogen) atoms. The first kappa shape index (κ1) is 16.8. The summed E-state index contributed by atoms with van der Waals surface area (Å²) < 4.78 is 28.8. The van der Waals surface area contributed by atoms with Crippen molar-refractivity contribution >= 4 is 15.7 Å². The third kappa shape index (κ3) is 3.61. The van der Waals surface area contributed by atoms with Gasteiger partial charge in [-0.2, -0.15) is 0 Å². The minimum absolute atomic E-state index is 0.0720. The van der Waals surface area contributed by atoms with Crippen molar-refractivity contribution in [2.24, 2.45) is 0 Å². The van der Waals surface area contributed by atoms with Crippen molar-refractivity contribution in [3.63, 3.8) is 0 Å². The molecule has 0 saturated carbocycles. The zero-order valence-electron chi connectivity index (χ0n) is 13.3. The molecule has 1 saturated heterocycles. The van der Waals surface area contributed by atoms with E-state index in [9.17, 15) is 13.2 Å². The summed E-state index contributed by atoms with van der Waals surface area (Å²) in [5, 5.41) is 0. The Morgan fingerprint density at radius 3 is 2.59 bits per heavy atom. The molecule has 2 rings (SSSR count). The van der Waals surface area contributed by atoms with Gasteiger partial charge in [0.2, 0.25) is 0 Å². The monoisotopic (exact) mass is 325 g/mol. The van der Waals surface area contributed by atoms with Crippen LogP contribution in [0.25, 0.3) is 0 Å². The predicted octanol–water partition coefficient (Wildman–Crippen LogP) is 2.04. The minimum Gasteiger partial charge on any atom is -0.494 e. The molecule has 1 amide bonds. The quantitative estimate of drug-likeness (QED) is 0.831. The molecular formula is C16H23NO4S. The number of ether oxygens (including phenoxy) is 1. The summed E-state index contributed by atoms with van der Waals surface area (Å²) in [6.45, 7) is 6.78. The zero-order valence-corrected chi connectivity index (χ0v) is 14.1. The number of sulfone groups is 1. The molecular weight excluding hydrogens is 302 g/mol. The van der Waals surface area contributed by atoms with Gasteiger partial charge in [0.05, 0.1) is 18.1 Å². The Kier molecular flexibility index (Phi) is 5.11. The van der Waals surface area contributed by atoms with Gasteiger partial charge < -0.3 is 9.64 Å². The summed E-state index contributed by atoms with van der Waals surface area (Å²) >= 11 is 0. The summed E-state index contributed by atoms with van der Waals surface area (Å²) in [5.74, 6) is 0.896. The fourth-order valence-electron chi connectivity index (χ4n) is 2.85. The SMILES string of the molecule is CCOc1ccc(C(=O)N(CC)C2CCS(=O)(=O)C2)cc1C. The van der Waals surface area contributed by atoms with Crippen LogP contribution in [0.1, 0.15) is 36.2 Å². The Bertz CT molecular complexity index is 654. The molecule has 0 N–H and O–H groups in total. The second-order valence-electron chi connectivity index (χ2n) is 5.56. The smallest absolute Gasteiger partial charge is 0.254 e. The van der Waals surface area contributed by atoms with Crippen LogP contribution in [0.5, 0.6) is 5.75 Å².